The number of nitrogens with one attached hydrogen (secondary N) is 1. The van der Waals surface area contributed by atoms with E-state index in [2.05, 4.69) is 5.32 Å². The maximum Gasteiger partial charge on any atom is 0.241 e. The third-order valence-electron chi connectivity index (χ3n) is 4.19. The third kappa shape index (κ3) is 5.37. The summed E-state index contributed by atoms with van der Waals surface area (Å²) in [6, 6.07) is 12.0. The standard InChI is InChI=1S/C19H23ClN2O4S/c1-13-17(20)6-5-7-18(13)22(27(4,24)25)12-19(23)21-14(2)15-8-10-16(26-3)11-9-15/h5-11,14H,12H2,1-4H3,(H,21,23)/t14-/m1/s1. The van der Waals surface area contributed by atoms with E-state index in [0.717, 1.165) is 21.9 Å². The number of carbonyl (C=O) groups excluding carboxylic acids is 1. The summed E-state index contributed by atoms with van der Waals surface area (Å²) >= 11 is 6.10. The lowest BCUT2D eigenvalue weighted by Gasteiger charge is -2.25. The monoisotopic (exact) mass is 410 g/mol. The number of amides is 1. The molecule has 0 aliphatic heterocycles. The predicted octanol–water partition coefficient (Wildman–Crippen LogP) is 3.30. The molecule has 0 radical (unpaired) electrons. The van der Waals surface area contributed by atoms with E-state index in [1.807, 2.05) is 19.1 Å². The number of anilines is 1. The van der Waals surface area contributed by atoms with E-state index >= 15 is 0 Å². The van der Waals surface area contributed by atoms with Gasteiger partial charge in [-0.1, -0.05) is 29.8 Å². The number of methoxy groups -OCH3 is 1. The number of hydrogen-bond donors (Lipinski definition) is 1. The molecule has 0 heterocycles. The highest BCUT2D eigenvalue weighted by molar-refractivity contribution is 7.92. The molecule has 2 aromatic rings. The Morgan fingerprint density at radius 2 is 1.85 bits per heavy atom. The molecule has 2 rings (SSSR count). The Bertz CT molecular complexity index is 914. The van der Waals surface area contributed by atoms with Gasteiger partial charge in [-0.3, -0.25) is 9.10 Å². The van der Waals surface area contributed by atoms with E-state index in [1.165, 1.54) is 0 Å². The van der Waals surface area contributed by atoms with Crippen molar-refractivity contribution in [3.63, 3.8) is 0 Å². The zero-order valence-corrected chi connectivity index (χ0v) is 17.3. The second kappa shape index (κ2) is 8.63. The maximum absolute atomic E-state index is 12.5. The van der Waals surface area contributed by atoms with Crippen LogP contribution in [0, 0.1) is 6.92 Å². The molecule has 6 nitrogen and oxygen atoms in total. The molecule has 0 unspecified atom stereocenters. The molecule has 0 fully saturated rings. The molecule has 0 aliphatic carbocycles. The highest BCUT2D eigenvalue weighted by Crippen LogP contribution is 2.28. The molecule has 1 atom stereocenters. The second-order valence-corrected chi connectivity index (χ2v) is 8.53. The molecule has 1 N–H and O–H groups in total. The van der Waals surface area contributed by atoms with Gasteiger partial charge in [0.1, 0.15) is 12.3 Å². The first kappa shape index (κ1) is 21.1. The van der Waals surface area contributed by atoms with Crippen LogP contribution < -0.4 is 14.4 Å². The maximum atomic E-state index is 12.5. The Morgan fingerprint density at radius 1 is 1.22 bits per heavy atom. The number of ether oxygens (including phenoxy) is 1. The van der Waals surface area contributed by atoms with Gasteiger partial charge in [-0.2, -0.15) is 0 Å². The van der Waals surface area contributed by atoms with Crippen molar-refractivity contribution in [1.82, 2.24) is 5.32 Å². The summed E-state index contributed by atoms with van der Waals surface area (Å²) in [7, 11) is -2.08. The fourth-order valence-electron chi connectivity index (χ4n) is 2.64. The molecular formula is C19H23ClN2O4S. The van der Waals surface area contributed by atoms with Crippen LogP contribution in [-0.4, -0.2) is 34.2 Å². The van der Waals surface area contributed by atoms with Crippen molar-refractivity contribution >= 4 is 33.2 Å². The Kier molecular flexibility index (Phi) is 6.73. The summed E-state index contributed by atoms with van der Waals surface area (Å²) in [4.78, 5) is 12.5. The SMILES string of the molecule is COc1ccc([C@@H](C)NC(=O)CN(c2cccc(Cl)c2C)S(C)(=O)=O)cc1. The zero-order chi connectivity index (χ0) is 20.2. The van der Waals surface area contributed by atoms with Crippen LogP contribution in [0.15, 0.2) is 42.5 Å². The number of halogens is 1. The minimum Gasteiger partial charge on any atom is -0.497 e. The van der Waals surface area contributed by atoms with Crippen LogP contribution in [0.3, 0.4) is 0 Å². The van der Waals surface area contributed by atoms with Crippen LogP contribution in [0.1, 0.15) is 24.1 Å². The van der Waals surface area contributed by atoms with Gasteiger partial charge in [0.05, 0.1) is 25.1 Å². The van der Waals surface area contributed by atoms with Gasteiger partial charge in [0, 0.05) is 5.02 Å². The van der Waals surface area contributed by atoms with Crippen LogP contribution >= 0.6 is 11.6 Å². The van der Waals surface area contributed by atoms with Crippen molar-refractivity contribution < 1.29 is 17.9 Å². The van der Waals surface area contributed by atoms with E-state index in [-0.39, 0.29) is 12.6 Å². The smallest absolute Gasteiger partial charge is 0.241 e. The van der Waals surface area contributed by atoms with E-state index in [1.54, 1.807) is 44.4 Å². The topological polar surface area (TPSA) is 75.7 Å². The van der Waals surface area contributed by atoms with Crippen molar-refractivity contribution in [2.24, 2.45) is 0 Å². The first-order valence-electron chi connectivity index (χ1n) is 8.29. The quantitative estimate of drug-likeness (QED) is 0.759. The molecule has 0 aromatic heterocycles. The highest BCUT2D eigenvalue weighted by atomic mass is 35.5. The van der Waals surface area contributed by atoms with Gasteiger partial charge in [-0.25, -0.2) is 8.42 Å². The second-order valence-electron chi connectivity index (χ2n) is 6.22. The summed E-state index contributed by atoms with van der Waals surface area (Å²) in [5.74, 6) is 0.306. The van der Waals surface area contributed by atoms with Gasteiger partial charge in [-0.05, 0) is 49.2 Å². The van der Waals surface area contributed by atoms with E-state index in [0.29, 0.717) is 16.3 Å². The molecule has 8 heteroatoms. The number of benzene rings is 2. The molecule has 0 spiro atoms. The molecule has 27 heavy (non-hydrogen) atoms. The molecule has 146 valence electrons. The van der Waals surface area contributed by atoms with Gasteiger partial charge >= 0.3 is 0 Å². The lowest BCUT2D eigenvalue weighted by atomic mass is 10.1. The highest BCUT2D eigenvalue weighted by Gasteiger charge is 2.23. The summed E-state index contributed by atoms with van der Waals surface area (Å²) in [6.45, 7) is 3.21. The number of hydrogen-bond acceptors (Lipinski definition) is 4. The summed E-state index contributed by atoms with van der Waals surface area (Å²) in [5.41, 5.74) is 1.87. The largest absolute Gasteiger partial charge is 0.497 e. The summed E-state index contributed by atoms with van der Waals surface area (Å²) < 4.78 is 30.7. The van der Waals surface area contributed by atoms with Crippen LogP contribution in [-0.2, 0) is 14.8 Å². The molecular weight excluding hydrogens is 388 g/mol. The Hall–Kier alpha value is -2.25. The number of rotatable bonds is 7. The average Bonchev–Trinajstić information content (AvgIpc) is 2.61. The minimum atomic E-state index is -3.66. The van der Waals surface area contributed by atoms with E-state index < -0.39 is 15.9 Å². The Labute approximate surface area is 165 Å². The van der Waals surface area contributed by atoms with Crippen molar-refractivity contribution in [3.05, 3.63) is 58.6 Å². The average molecular weight is 411 g/mol. The lowest BCUT2D eigenvalue weighted by Crippen LogP contribution is -2.41. The number of carbonyl (C=O) groups is 1. The minimum absolute atomic E-state index is 0.287. The van der Waals surface area contributed by atoms with Crippen molar-refractivity contribution in [3.8, 4) is 5.75 Å². The van der Waals surface area contributed by atoms with Crippen molar-refractivity contribution in [2.75, 3.05) is 24.2 Å². The Balaban J connectivity index is 2.17. The lowest BCUT2D eigenvalue weighted by molar-refractivity contribution is -0.120. The fraction of sp³-hybridized carbons (Fsp3) is 0.316. The van der Waals surface area contributed by atoms with Crippen LogP contribution in [0.25, 0.3) is 0 Å². The Morgan fingerprint density at radius 3 is 2.41 bits per heavy atom. The van der Waals surface area contributed by atoms with Crippen molar-refractivity contribution in [2.45, 2.75) is 19.9 Å². The molecule has 0 saturated carbocycles. The van der Waals surface area contributed by atoms with Gasteiger partial charge in [0.2, 0.25) is 15.9 Å². The molecule has 1 amide bonds. The molecule has 0 aliphatic rings. The number of nitrogens with zero attached hydrogens (tertiary/aromatic N) is 1. The predicted molar refractivity (Wildman–Crippen MR) is 108 cm³/mol. The van der Waals surface area contributed by atoms with Gasteiger partial charge < -0.3 is 10.1 Å². The first-order chi connectivity index (χ1) is 12.6. The first-order valence-corrected chi connectivity index (χ1v) is 10.5. The fourth-order valence-corrected chi connectivity index (χ4v) is 3.72. The van der Waals surface area contributed by atoms with Crippen LogP contribution in [0.2, 0.25) is 5.02 Å². The van der Waals surface area contributed by atoms with E-state index in [9.17, 15) is 13.2 Å². The van der Waals surface area contributed by atoms with Gasteiger partial charge in [0.25, 0.3) is 0 Å². The van der Waals surface area contributed by atoms with Crippen LogP contribution in [0.4, 0.5) is 5.69 Å². The number of sulfonamides is 1. The summed E-state index contributed by atoms with van der Waals surface area (Å²) in [6.07, 6.45) is 1.06. The zero-order valence-electron chi connectivity index (χ0n) is 15.7. The van der Waals surface area contributed by atoms with Crippen LogP contribution in [0.5, 0.6) is 5.75 Å². The van der Waals surface area contributed by atoms with Gasteiger partial charge in [0.15, 0.2) is 0 Å². The normalized spacial score (nSPS) is 12.3. The molecule has 2 aromatic carbocycles. The van der Waals surface area contributed by atoms with Gasteiger partial charge in [-0.15, -0.1) is 0 Å². The molecule has 0 bridgehead atoms. The summed E-state index contributed by atoms with van der Waals surface area (Å²) in [5, 5.41) is 3.26. The third-order valence-corrected chi connectivity index (χ3v) is 5.72. The molecule has 0 saturated heterocycles. The van der Waals surface area contributed by atoms with Crippen molar-refractivity contribution in [1.29, 1.82) is 0 Å². The van der Waals surface area contributed by atoms with E-state index in [4.69, 9.17) is 16.3 Å².